The fourth-order valence-corrected chi connectivity index (χ4v) is 0.483. The maximum Gasteiger partial charge on any atom is 0.116 e. The summed E-state index contributed by atoms with van der Waals surface area (Å²) in [5, 5.41) is 9.70. The molecule has 0 spiro atoms. The van der Waals surface area contributed by atoms with Gasteiger partial charge >= 0.3 is 0 Å². The lowest BCUT2D eigenvalue weighted by Gasteiger charge is -2.11. The number of hydrogen-bond donors (Lipinski definition) is 1. The van der Waals surface area contributed by atoms with Crippen molar-refractivity contribution in [2.45, 2.75) is 6.92 Å². The summed E-state index contributed by atoms with van der Waals surface area (Å²) in [6, 6.07) is 0. The SMILES string of the molecule is CC1=CCN(O)C=N1. The van der Waals surface area contributed by atoms with E-state index in [1.54, 1.807) is 0 Å². The molecular weight excluding hydrogens is 104 g/mol. The van der Waals surface area contributed by atoms with Crippen LogP contribution in [0.15, 0.2) is 16.8 Å². The van der Waals surface area contributed by atoms with Gasteiger partial charge in [-0.1, -0.05) is 0 Å². The Bertz CT molecular complexity index is 139. The van der Waals surface area contributed by atoms with Gasteiger partial charge in [0, 0.05) is 5.70 Å². The van der Waals surface area contributed by atoms with E-state index in [1.165, 1.54) is 6.34 Å². The smallest absolute Gasteiger partial charge is 0.116 e. The fraction of sp³-hybridized carbons (Fsp3) is 0.400. The summed E-state index contributed by atoms with van der Waals surface area (Å²) in [7, 11) is 0. The molecule has 44 valence electrons. The number of hydroxylamine groups is 2. The van der Waals surface area contributed by atoms with Crippen LogP contribution in [-0.2, 0) is 0 Å². The molecule has 0 amide bonds. The fourth-order valence-electron chi connectivity index (χ4n) is 0.483. The van der Waals surface area contributed by atoms with Crippen molar-refractivity contribution in [3.05, 3.63) is 11.8 Å². The first-order chi connectivity index (χ1) is 3.79. The van der Waals surface area contributed by atoms with E-state index in [-0.39, 0.29) is 0 Å². The molecule has 0 aromatic rings. The van der Waals surface area contributed by atoms with Crippen molar-refractivity contribution in [2.75, 3.05) is 6.54 Å². The van der Waals surface area contributed by atoms with Crippen LogP contribution in [-0.4, -0.2) is 23.2 Å². The largest absolute Gasteiger partial charge is 0.287 e. The van der Waals surface area contributed by atoms with E-state index in [9.17, 15) is 0 Å². The molecule has 1 rings (SSSR count). The first-order valence-electron chi connectivity index (χ1n) is 2.45. The lowest BCUT2D eigenvalue weighted by molar-refractivity contribution is 0.00193. The minimum atomic E-state index is 0.551. The molecule has 0 saturated carbocycles. The summed E-state index contributed by atoms with van der Waals surface area (Å²) in [5.41, 5.74) is 0.954. The molecule has 3 heteroatoms. The number of nitrogens with zero attached hydrogens (tertiary/aromatic N) is 2. The Labute approximate surface area is 47.9 Å². The van der Waals surface area contributed by atoms with E-state index in [0.717, 1.165) is 10.8 Å². The van der Waals surface area contributed by atoms with Crippen molar-refractivity contribution in [1.82, 2.24) is 5.06 Å². The van der Waals surface area contributed by atoms with E-state index in [4.69, 9.17) is 5.21 Å². The third kappa shape index (κ3) is 1.07. The monoisotopic (exact) mass is 112 g/mol. The first kappa shape index (κ1) is 5.31. The summed E-state index contributed by atoms with van der Waals surface area (Å²) in [6.07, 6.45) is 3.25. The molecule has 0 atom stereocenters. The zero-order chi connectivity index (χ0) is 5.98. The van der Waals surface area contributed by atoms with Gasteiger partial charge in [-0.3, -0.25) is 5.21 Å². The summed E-state index contributed by atoms with van der Waals surface area (Å²) in [6.45, 7) is 2.44. The van der Waals surface area contributed by atoms with Crippen LogP contribution in [0.25, 0.3) is 0 Å². The summed E-state index contributed by atoms with van der Waals surface area (Å²) < 4.78 is 0. The van der Waals surface area contributed by atoms with Crippen LogP contribution in [0.5, 0.6) is 0 Å². The molecule has 0 bridgehead atoms. The van der Waals surface area contributed by atoms with E-state index in [2.05, 4.69) is 4.99 Å². The van der Waals surface area contributed by atoms with Crippen LogP contribution in [0.2, 0.25) is 0 Å². The lowest BCUT2D eigenvalue weighted by atomic mass is 10.4. The normalized spacial score (nSPS) is 18.8. The molecule has 8 heavy (non-hydrogen) atoms. The van der Waals surface area contributed by atoms with E-state index >= 15 is 0 Å². The van der Waals surface area contributed by atoms with Crippen LogP contribution < -0.4 is 0 Å². The minimum Gasteiger partial charge on any atom is -0.287 e. The lowest BCUT2D eigenvalue weighted by Crippen LogP contribution is -2.19. The molecule has 0 aromatic carbocycles. The molecule has 0 radical (unpaired) electrons. The Morgan fingerprint density at radius 3 is 3.00 bits per heavy atom. The minimum absolute atomic E-state index is 0.551. The number of aliphatic imine (C=N–C) groups is 1. The van der Waals surface area contributed by atoms with Gasteiger partial charge < -0.3 is 0 Å². The van der Waals surface area contributed by atoms with Gasteiger partial charge in [-0.05, 0) is 13.0 Å². The predicted octanol–water partition coefficient (Wildman–Crippen LogP) is 0.623. The van der Waals surface area contributed by atoms with Crippen molar-refractivity contribution in [3.63, 3.8) is 0 Å². The maximum atomic E-state index is 8.67. The molecule has 1 N–H and O–H groups in total. The Hall–Kier alpha value is -0.830. The highest BCUT2D eigenvalue weighted by Gasteiger charge is 1.95. The van der Waals surface area contributed by atoms with Gasteiger partial charge in [0.15, 0.2) is 0 Å². The van der Waals surface area contributed by atoms with Gasteiger partial charge in [-0.25, -0.2) is 10.1 Å². The highest BCUT2D eigenvalue weighted by molar-refractivity contribution is 5.56. The molecule has 0 unspecified atom stereocenters. The first-order valence-corrected chi connectivity index (χ1v) is 2.45. The van der Waals surface area contributed by atoms with Crippen molar-refractivity contribution in [1.29, 1.82) is 0 Å². The van der Waals surface area contributed by atoms with Gasteiger partial charge in [0.25, 0.3) is 0 Å². The van der Waals surface area contributed by atoms with E-state index in [1.807, 2.05) is 13.0 Å². The molecule has 0 aliphatic carbocycles. The average Bonchev–Trinajstić information content (AvgIpc) is 1.77. The van der Waals surface area contributed by atoms with Crippen LogP contribution in [0.4, 0.5) is 0 Å². The molecule has 0 fully saturated rings. The van der Waals surface area contributed by atoms with Crippen molar-refractivity contribution < 1.29 is 5.21 Å². The Kier molecular flexibility index (Phi) is 1.30. The number of hydrogen-bond acceptors (Lipinski definition) is 3. The second kappa shape index (κ2) is 1.96. The van der Waals surface area contributed by atoms with E-state index in [0.29, 0.717) is 6.54 Å². The molecule has 3 nitrogen and oxygen atoms in total. The van der Waals surface area contributed by atoms with Crippen molar-refractivity contribution in [3.8, 4) is 0 Å². The zero-order valence-corrected chi connectivity index (χ0v) is 4.70. The second-order valence-corrected chi connectivity index (χ2v) is 1.71. The number of allylic oxidation sites excluding steroid dienone is 1. The average molecular weight is 112 g/mol. The molecule has 0 saturated heterocycles. The Balaban J connectivity index is 2.58. The second-order valence-electron chi connectivity index (χ2n) is 1.71. The van der Waals surface area contributed by atoms with E-state index < -0.39 is 0 Å². The molecular formula is C5H8N2O. The molecule has 1 heterocycles. The van der Waals surface area contributed by atoms with Gasteiger partial charge in [0.2, 0.25) is 0 Å². The van der Waals surface area contributed by atoms with Crippen LogP contribution in [0, 0.1) is 0 Å². The van der Waals surface area contributed by atoms with Gasteiger partial charge in [0.1, 0.15) is 6.34 Å². The highest BCUT2D eigenvalue weighted by Crippen LogP contribution is 1.98. The van der Waals surface area contributed by atoms with Crippen molar-refractivity contribution in [2.24, 2.45) is 4.99 Å². The summed E-state index contributed by atoms with van der Waals surface area (Å²) in [5.74, 6) is 0. The van der Waals surface area contributed by atoms with Crippen LogP contribution >= 0.6 is 0 Å². The Morgan fingerprint density at radius 2 is 2.62 bits per heavy atom. The summed E-state index contributed by atoms with van der Waals surface area (Å²) >= 11 is 0. The van der Waals surface area contributed by atoms with Crippen molar-refractivity contribution >= 4 is 6.34 Å². The quantitative estimate of drug-likeness (QED) is 0.498. The third-order valence-corrected chi connectivity index (χ3v) is 0.968. The highest BCUT2D eigenvalue weighted by atomic mass is 16.5. The molecule has 0 aromatic heterocycles. The third-order valence-electron chi connectivity index (χ3n) is 0.968. The zero-order valence-electron chi connectivity index (χ0n) is 4.70. The molecule has 1 aliphatic rings. The maximum absolute atomic E-state index is 8.67. The summed E-state index contributed by atoms with van der Waals surface area (Å²) in [4.78, 5) is 3.82. The van der Waals surface area contributed by atoms with Gasteiger partial charge in [-0.2, -0.15) is 0 Å². The Morgan fingerprint density at radius 1 is 1.88 bits per heavy atom. The number of rotatable bonds is 0. The van der Waals surface area contributed by atoms with Gasteiger partial charge in [-0.15, -0.1) is 0 Å². The molecule has 1 aliphatic heterocycles. The van der Waals surface area contributed by atoms with Crippen LogP contribution in [0.1, 0.15) is 6.92 Å². The van der Waals surface area contributed by atoms with Crippen LogP contribution in [0.3, 0.4) is 0 Å². The predicted molar refractivity (Wildman–Crippen MR) is 30.7 cm³/mol. The standard InChI is InChI=1S/C5H8N2O/c1-5-2-3-7(8)4-6-5/h2,4,8H,3H2,1H3. The van der Waals surface area contributed by atoms with Gasteiger partial charge in [0.05, 0.1) is 6.54 Å². The topological polar surface area (TPSA) is 35.8 Å².